The van der Waals surface area contributed by atoms with Gasteiger partial charge < -0.3 is 14.1 Å². The van der Waals surface area contributed by atoms with Gasteiger partial charge in [-0.2, -0.15) is 0 Å². The monoisotopic (exact) mass is 264 g/mol. The van der Waals surface area contributed by atoms with E-state index in [0.717, 1.165) is 11.4 Å². The van der Waals surface area contributed by atoms with Crippen LogP contribution in [-0.2, 0) is 5.75 Å². The summed E-state index contributed by atoms with van der Waals surface area (Å²) in [5.74, 6) is -0.318. The first-order chi connectivity index (χ1) is 8.74. The Morgan fingerprint density at radius 2 is 2.39 bits per heavy atom. The molecule has 0 aromatic carbocycles. The minimum absolute atomic E-state index is 0.0202. The Labute approximate surface area is 108 Å². The molecule has 1 N–H and O–H groups in total. The van der Waals surface area contributed by atoms with Crippen molar-refractivity contribution >= 4 is 17.7 Å². The van der Waals surface area contributed by atoms with E-state index in [4.69, 9.17) is 9.52 Å². The lowest BCUT2D eigenvalue weighted by molar-refractivity contribution is 0.0656. The summed E-state index contributed by atoms with van der Waals surface area (Å²) in [7, 11) is 0. The third kappa shape index (κ3) is 2.28. The lowest BCUT2D eigenvalue weighted by atomic mass is 10.5. The quantitative estimate of drug-likeness (QED) is 0.841. The smallest absolute Gasteiger partial charge is 0.371 e. The fourth-order valence-corrected chi connectivity index (χ4v) is 2.61. The Hall–Kier alpha value is -1.69. The lowest BCUT2D eigenvalue weighted by Crippen LogP contribution is -1.96. The van der Waals surface area contributed by atoms with Crippen molar-refractivity contribution in [1.82, 2.24) is 9.55 Å². The number of aromatic carboxylic acids is 1. The van der Waals surface area contributed by atoms with E-state index in [2.05, 4.69) is 9.55 Å². The molecular formula is C12H12N2O3S. The fourth-order valence-electron chi connectivity index (χ4n) is 1.78. The molecule has 0 atom stereocenters. The van der Waals surface area contributed by atoms with E-state index in [9.17, 15) is 4.79 Å². The van der Waals surface area contributed by atoms with Crippen LogP contribution in [0.5, 0.6) is 0 Å². The van der Waals surface area contributed by atoms with Gasteiger partial charge in [-0.05, 0) is 25.0 Å². The van der Waals surface area contributed by atoms with Crippen molar-refractivity contribution in [3.8, 4) is 0 Å². The summed E-state index contributed by atoms with van der Waals surface area (Å²) in [6.45, 7) is 0. The number of imidazole rings is 1. The lowest BCUT2D eigenvalue weighted by Gasteiger charge is -2.04. The maximum atomic E-state index is 10.7. The SMILES string of the molecule is O=C(O)c1ccc(SCc2cncn2C2CC2)o1. The average Bonchev–Trinajstić information content (AvgIpc) is 2.92. The maximum absolute atomic E-state index is 10.7. The van der Waals surface area contributed by atoms with E-state index in [-0.39, 0.29) is 5.76 Å². The van der Waals surface area contributed by atoms with Crippen LogP contribution in [0.25, 0.3) is 0 Å². The van der Waals surface area contributed by atoms with Gasteiger partial charge in [0, 0.05) is 23.7 Å². The molecule has 1 aliphatic rings. The van der Waals surface area contributed by atoms with Crippen LogP contribution in [-0.4, -0.2) is 20.6 Å². The summed E-state index contributed by atoms with van der Waals surface area (Å²) in [4.78, 5) is 14.8. The maximum Gasteiger partial charge on any atom is 0.371 e. The highest BCUT2D eigenvalue weighted by Gasteiger charge is 2.25. The molecule has 5 nitrogen and oxygen atoms in total. The number of carbonyl (C=O) groups is 1. The summed E-state index contributed by atoms with van der Waals surface area (Å²) in [6, 6.07) is 3.77. The van der Waals surface area contributed by atoms with E-state index in [1.165, 1.54) is 30.7 Å². The molecule has 0 unspecified atom stereocenters. The van der Waals surface area contributed by atoms with Gasteiger partial charge in [0.1, 0.15) is 0 Å². The summed E-state index contributed by atoms with van der Waals surface area (Å²) < 4.78 is 7.38. The predicted molar refractivity (Wildman–Crippen MR) is 65.7 cm³/mol. The van der Waals surface area contributed by atoms with Crippen molar-refractivity contribution in [1.29, 1.82) is 0 Å². The highest BCUT2D eigenvalue weighted by atomic mass is 32.2. The van der Waals surface area contributed by atoms with E-state index < -0.39 is 5.97 Å². The van der Waals surface area contributed by atoms with Crippen LogP contribution in [0.4, 0.5) is 0 Å². The molecule has 1 saturated carbocycles. The Morgan fingerprint density at radius 3 is 3.06 bits per heavy atom. The van der Waals surface area contributed by atoms with E-state index in [1.54, 1.807) is 6.07 Å². The summed E-state index contributed by atoms with van der Waals surface area (Å²) >= 11 is 1.48. The molecule has 6 heteroatoms. The summed E-state index contributed by atoms with van der Waals surface area (Å²) in [6.07, 6.45) is 6.15. The molecule has 0 bridgehead atoms. The zero-order chi connectivity index (χ0) is 12.5. The van der Waals surface area contributed by atoms with Crippen LogP contribution < -0.4 is 0 Å². The van der Waals surface area contributed by atoms with E-state index in [0.29, 0.717) is 11.1 Å². The van der Waals surface area contributed by atoms with Crippen molar-refractivity contribution in [2.24, 2.45) is 0 Å². The molecule has 1 aliphatic carbocycles. The number of nitrogens with zero attached hydrogens (tertiary/aromatic N) is 2. The van der Waals surface area contributed by atoms with Crippen LogP contribution in [0, 0.1) is 0 Å². The summed E-state index contributed by atoms with van der Waals surface area (Å²) in [5, 5.41) is 9.38. The van der Waals surface area contributed by atoms with Gasteiger partial charge in [0.15, 0.2) is 5.09 Å². The number of carboxylic acid groups (broad SMARTS) is 1. The molecule has 94 valence electrons. The Morgan fingerprint density at radius 1 is 1.56 bits per heavy atom. The van der Waals surface area contributed by atoms with Crippen LogP contribution in [0.3, 0.4) is 0 Å². The minimum atomic E-state index is -1.04. The van der Waals surface area contributed by atoms with Gasteiger partial charge >= 0.3 is 5.97 Å². The predicted octanol–water partition coefficient (Wildman–Crippen LogP) is 2.80. The number of aromatic nitrogens is 2. The van der Waals surface area contributed by atoms with E-state index >= 15 is 0 Å². The zero-order valence-electron chi connectivity index (χ0n) is 9.57. The normalized spacial score (nSPS) is 14.9. The molecule has 1 fully saturated rings. The first-order valence-electron chi connectivity index (χ1n) is 5.70. The molecule has 3 rings (SSSR count). The molecule has 2 aromatic heterocycles. The number of furan rings is 1. The number of hydrogen-bond acceptors (Lipinski definition) is 4. The van der Waals surface area contributed by atoms with Crippen LogP contribution in [0.15, 0.2) is 34.2 Å². The Kier molecular flexibility index (Phi) is 2.87. The zero-order valence-corrected chi connectivity index (χ0v) is 10.4. The number of rotatable bonds is 5. The van der Waals surface area contributed by atoms with Gasteiger partial charge in [-0.15, -0.1) is 0 Å². The van der Waals surface area contributed by atoms with Gasteiger partial charge in [-0.25, -0.2) is 9.78 Å². The third-order valence-corrected chi connectivity index (χ3v) is 3.79. The van der Waals surface area contributed by atoms with Crippen molar-refractivity contribution in [3.05, 3.63) is 36.1 Å². The largest absolute Gasteiger partial charge is 0.475 e. The highest BCUT2D eigenvalue weighted by molar-refractivity contribution is 7.98. The molecule has 0 aliphatic heterocycles. The van der Waals surface area contributed by atoms with Crippen molar-refractivity contribution in [2.45, 2.75) is 29.7 Å². The third-order valence-electron chi connectivity index (χ3n) is 2.84. The van der Waals surface area contributed by atoms with Crippen LogP contribution >= 0.6 is 11.8 Å². The van der Waals surface area contributed by atoms with Crippen LogP contribution in [0.1, 0.15) is 35.1 Å². The second kappa shape index (κ2) is 4.53. The van der Waals surface area contributed by atoms with Crippen molar-refractivity contribution < 1.29 is 14.3 Å². The molecule has 0 radical (unpaired) electrons. The van der Waals surface area contributed by atoms with Gasteiger partial charge in [0.05, 0.1) is 6.33 Å². The molecular weight excluding hydrogens is 252 g/mol. The molecule has 18 heavy (non-hydrogen) atoms. The summed E-state index contributed by atoms with van der Waals surface area (Å²) in [5.41, 5.74) is 1.15. The molecule has 0 spiro atoms. The fraction of sp³-hybridized carbons (Fsp3) is 0.333. The van der Waals surface area contributed by atoms with Crippen molar-refractivity contribution in [3.63, 3.8) is 0 Å². The molecule has 0 saturated heterocycles. The average molecular weight is 264 g/mol. The molecule has 0 amide bonds. The number of thioether (sulfide) groups is 1. The van der Waals surface area contributed by atoms with Gasteiger partial charge in [-0.1, -0.05) is 11.8 Å². The van der Waals surface area contributed by atoms with Gasteiger partial charge in [0.25, 0.3) is 0 Å². The molecule has 2 aromatic rings. The standard InChI is InChI=1S/C12H12N2O3S/c15-12(16)10-3-4-11(17-10)18-6-9-5-13-7-14(9)8-1-2-8/h3-5,7-8H,1-2,6H2,(H,15,16). The number of hydrogen-bond donors (Lipinski definition) is 1. The van der Waals surface area contributed by atoms with Gasteiger partial charge in [0.2, 0.25) is 5.76 Å². The molecule has 2 heterocycles. The van der Waals surface area contributed by atoms with Crippen LogP contribution in [0.2, 0.25) is 0 Å². The first kappa shape index (κ1) is 11.4. The topological polar surface area (TPSA) is 68.3 Å². The van der Waals surface area contributed by atoms with Gasteiger partial charge in [-0.3, -0.25) is 0 Å². The first-order valence-corrected chi connectivity index (χ1v) is 6.69. The van der Waals surface area contributed by atoms with E-state index in [1.807, 2.05) is 12.5 Å². The second-order valence-corrected chi connectivity index (χ2v) is 5.22. The number of carboxylic acids is 1. The second-order valence-electron chi connectivity index (χ2n) is 4.24. The Bertz CT molecular complexity index is 571. The minimum Gasteiger partial charge on any atom is -0.475 e. The van der Waals surface area contributed by atoms with Crippen molar-refractivity contribution in [2.75, 3.05) is 0 Å². The Balaban J connectivity index is 1.66. The highest BCUT2D eigenvalue weighted by Crippen LogP contribution is 2.37.